The van der Waals surface area contributed by atoms with Crippen molar-refractivity contribution in [3.63, 3.8) is 0 Å². The fourth-order valence-electron chi connectivity index (χ4n) is 1.19. The van der Waals surface area contributed by atoms with Crippen LogP contribution in [0.3, 0.4) is 0 Å². The van der Waals surface area contributed by atoms with E-state index in [1.807, 2.05) is 0 Å². The van der Waals surface area contributed by atoms with Gasteiger partial charge in [0.05, 0.1) is 12.7 Å². The van der Waals surface area contributed by atoms with Crippen LogP contribution >= 0.6 is 11.5 Å². The third-order valence-electron chi connectivity index (χ3n) is 1.88. The van der Waals surface area contributed by atoms with Gasteiger partial charge in [-0.1, -0.05) is 0 Å². The second-order valence-corrected chi connectivity index (χ2v) is 3.44. The van der Waals surface area contributed by atoms with Crippen molar-refractivity contribution >= 4 is 17.3 Å². The maximum Gasteiger partial charge on any atom is 0.224 e. The molecule has 0 spiro atoms. The van der Waals surface area contributed by atoms with Crippen LogP contribution in [0, 0.1) is 0 Å². The van der Waals surface area contributed by atoms with Crippen LogP contribution in [0.2, 0.25) is 0 Å². The van der Waals surface area contributed by atoms with Crippen LogP contribution in [-0.4, -0.2) is 22.3 Å². The molecule has 5 heteroatoms. The lowest BCUT2D eigenvalue weighted by molar-refractivity contribution is 0.103. The maximum absolute atomic E-state index is 11.9. The van der Waals surface area contributed by atoms with Gasteiger partial charge in [0.15, 0.2) is 0 Å². The fraction of sp³-hybridized carbons (Fsp3) is 0.100. The van der Waals surface area contributed by atoms with Crippen molar-refractivity contribution < 1.29 is 9.53 Å². The Labute approximate surface area is 90.7 Å². The van der Waals surface area contributed by atoms with Crippen molar-refractivity contribution in [2.75, 3.05) is 7.11 Å². The van der Waals surface area contributed by atoms with Gasteiger partial charge in [0.25, 0.3) is 0 Å². The lowest BCUT2D eigenvalue weighted by Crippen LogP contribution is -2.05. The molecular formula is C10H8N2O2S. The number of pyridine rings is 1. The van der Waals surface area contributed by atoms with Gasteiger partial charge >= 0.3 is 0 Å². The van der Waals surface area contributed by atoms with Gasteiger partial charge in [-0.2, -0.15) is 4.37 Å². The zero-order valence-corrected chi connectivity index (χ0v) is 8.82. The predicted octanol–water partition coefficient (Wildman–Crippen LogP) is 1.78. The third-order valence-corrected chi connectivity index (χ3v) is 2.44. The maximum atomic E-state index is 11.9. The molecular weight excluding hydrogens is 212 g/mol. The number of ketones is 1. The van der Waals surface area contributed by atoms with Crippen molar-refractivity contribution in [3.8, 4) is 5.88 Å². The average molecular weight is 220 g/mol. The number of hydrogen-bond acceptors (Lipinski definition) is 5. The highest BCUT2D eigenvalue weighted by molar-refractivity contribution is 7.03. The Morgan fingerprint density at radius 2 is 2.33 bits per heavy atom. The van der Waals surface area contributed by atoms with Crippen molar-refractivity contribution in [1.82, 2.24) is 9.36 Å². The predicted molar refractivity (Wildman–Crippen MR) is 56.3 cm³/mol. The van der Waals surface area contributed by atoms with E-state index in [1.165, 1.54) is 18.6 Å². The molecule has 0 aromatic carbocycles. The van der Waals surface area contributed by atoms with Gasteiger partial charge < -0.3 is 4.74 Å². The topological polar surface area (TPSA) is 52.1 Å². The molecule has 0 aliphatic carbocycles. The summed E-state index contributed by atoms with van der Waals surface area (Å²) in [6.07, 6.45) is 1.58. The molecule has 0 N–H and O–H groups in total. The highest BCUT2D eigenvalue weighted by Crippen LogP contribution is 2.17. The first-order chi connectivity index (χ1) is 7.33. The summed E-state index contributed by atoms with van der Waals surface area (Å²) in [5.41, 5.74) is 0.859. The summed E-state index contributed by atoms with van der Waals surface area (Å²) in [5, 5.41) is 1.76. The summed E-state index contributed by atoms with van der Waals surface area (Å²) in [5.74, 6) is 0.164. The largest absolute Gasteiger partial charge is 0.480 e. The molecule has 0 amide bonds. The number of ether oxygens (including phenoxy) is 1. The van der Waals surface area contributed by atoms with Gasteiger partial charge in [-0.25, -0.2) is 4.98 Å². The van der Waals surface area contributed by atoms with E-state index in [0.29, 0.717) is 17.1 Å². The molecule has 0 fully saturated rings. The quantitative estimate of drug-likeness (QED) is 0.740. The second kappa shape index (κ2) is 4.18. The number of methoxy groups -OCH3 is 1. The van der Waals surface area contributed by atoms with Gasteiger partial charge in [-0.3, -0.25) is 4.79 Å². The first-order valence-electron chi connectivity index (χ1n) is 4.27. The molecule has 0 bridgehead atoms. The highest BCUT2D eigenvalue weighted by Gasteiger charge is 2.16. The molecule has 0 radical (unpaired) electrons. The van der Waals surface area contributed by atoms with Crippen LogP contribution in [0.1, 0.15) is 16.1 Å². The molecule has 2 rings (SSSR count). The van der Waals surface area contributed by atoms with Crippen molar-refractivity contribution in [1.29, 1.82) is 0 Å². The Morgan fingerprint density at radius 3 is 3.00 bits per heavy atom. The summed E-state index contributed by atoms with van der Waals surface area (Å²) in [6.45, 7) is 0. The highest BCUT2D eigenvalue weighted by atomic mass is 32.1. The molecule has 4 nitrogen and oxygen atoms in total. The molecule has 2 aromatic heterocycles. The molecule has 2 heterocycles. The lowest BCUT2D eigenvalue weighted by atomic mass is 10.1. The van der Waals surface area contributed by atoms with Crippen LogP contribution in [0.25, 0.3) is 0 Å². The van der Waals surface area contributed by atoms with Crippen LogP contribution in [0.4, 0.5) is 0 Å². The lowest BCUT2D eigenvalue weighted by Gasteiger charge is -2.03. The SMILES string of the molecule is COc1ncccc1C(=O)c1ccsn1. The van der Waals surface area contributed by atoms with Crippen molar-refractivity contribution in [2.24, 2.45) is 0 Å². The normalized spacial score (nSPS) is 9.93. The molecule has 0 saturated carbocycles. The molecule has 0 atom stereocenters. The van der Waals surface area contributed by atoms with Gasteiger partial charge in [0.1, 0.15) is 5.69 Å². The number of carbonyl (C=O) groups excluding carboxylic acids is 1. The third kappa shape index (κ3) is 1.87. The van der Waals surface area contributed by atoms with Crippen LogP contribution in [0.15, 0.2) is 29.8 Å². The van der Waals surface area contributed by atoms with Crippen molar-refractivity contribution in [2.45, 2.75) is 0 Å². The van der Waals surface area contributed by atoms with Gasteiger partial charge in [0.2, 0.25) is 11.7 Å². The van der Waals surface area contributed by atoms with E-state index in [-0.39, 0.29) is 5.78 Å². The number of hydrogen-bond donors (Lipinski definition) is 0. The molecule has 15 heavy (non-hydrogen) atoms. The second-order valence-electron chi connectivity index (χ2n) is 2.77. The minimum absolute atomic E-state index is 0.166. The zero-order valence-electron chi connectivity index (χ0n) is 8.01. The molecule has 0 aliphatic heterocycles. The number of rotatable bonds is 3. The Morgan fingerprint density at radius 1 is 1.47 bits per heavy atom. The van der Waals surface area contributed by atoms with E-state index < -0.39 is 0 Å². The Hall–Kier alpha value is -1.75. The number of carbonyl (C=O) groups is 1. The molecule has 0 aliphatic rings. The van der Waals surface area contributed by atoms with E-state index in [9.17, 15) is 4.79 Å². The first kappa shape index (κ1) is 9.79. The van der Waals surface area contributed by atoms with E-state index >= 15 is 0 Å². The zero-order chi connectivity index (χ0) is 10.7. The summed E-state index contributed by atoms with van der Waals surface area (Å²) in [4.78, 5) is 15.9. The summed E-state index contributed by atoms with van der Waals surface area (Å²) < 4.78 is 8.98. The summed E-state index contributed by atoms with van der Waals surface area (Å²) >= 11 is 1.24. The Bertz CT molecular complexity index is 468. The molecule has 0 unspecified atom stereocenters. The average Bonchev–Trinajstić information content (AvgIpc) is 2.81. The van der Waals surface area contributed by atoms with E-state index in [4.69, 9.17) is 4.74 Å². The van der Waals surface area contributed by atoms with Gasteiger partial charge in [0, 0.05) is 11.6 Å². The standard InChI is InChI=1S/C10H8N2O2S/c1-14-10-7(3-2-5-11-10)9(13)8-4-6-15-12-8/h2-6H,1H3. The molecule has 76 valence electrons. The summed E-state index contributed by atoms with van der Waals surface area (Å²) in [6, 6.07) is 5.05. The van der Waals surface area contributed by atoms with Gasteiger partial charge in [-0.15, -0.1) is 0 Å². The first-order valence-corrected chi connectivity index (χ1v) is 5.10. The van der Waals surface area contributed by atoms with E-state index in [2.05, 4.69) is 9.36 Å². The van der Waals surface area contributed by atoms with Gasteiger partial charge in [-0.05, 0) is 29.7 Å². The van der Waals surface area contributed by atoms with E-state index in [0.717, 1.165) is 0 Å². The minimum Gasteiger partial charge on any atom is -0.480 e. The van der Waals surface area contributed by atoms with Crippen molar-refractivity contribution in [3.05, 3.63) is 41.0 Å². The van der Waals surface area contributed by atoms with E-state index in [1.54, 1.807) is 29.8 Å². The number of aromatic nitrogens is 2. The van der Waals surface area contributed by atoms with Crippen LogP contribution in [0.5, 0.6) is 5.88 Å². The smallest absolute Gasteiger partial charge is 0.224 e. The number of nitrogens with zero attached hydrogens (tertiary/aromatic N) is 2. The summed E-state index contributed by atoms with van der Waals surface area (Å²) in [7, 11) is 1.49. The molecule has 0 saturated heterocycles. The van der Waals surface area contributed by atoms with Crippen LogP contribution in [-0.2, 0) is 0 Å². The minimum atomic E-state index is -0.166. The molecule has 2 aromatic rings. The monoisotopic (exact) mass is 220 g/mol. The Balaban J connectivity index is 2.42. The Kier molecular flexibility index (Phi) is 2.73. The van der Waals surface area contributed by atoms with Crippen LogP contribution < -0.4 is 4.74 Å². The fourth-order valence-corrected chi connectivity index (χ4v) is 1.70.